The fraction of sp³-hybridized carbons (Fsp3) is 0.462. The van der Waals surface area contributed by atoms with Crippen LogP contribution in [0.1, 0.15) is 23.7 Å². The minimum Gasteiger partial charge on any atom is -0.398 e. The summed E-state index contributed by atoms with van der Waals surface area (Å²) in [5.74, 6) is 0.571. The van der Waals surface area contributed by atoms with E-state index in [9.17, 15) is 4.79 Å². The van der Waals surface area contributed by atoms with Gasteiger partial charge in [-0.1, -0.05) is 0 Å². The number of nitrogens with two attached hydrogens (primary N) is 1. The molecule has 1 aliphatic heterocycles. The van der Waals surface area contributed by atoms with Crippen LogP contribution < -0.4 is 11.1 Å². The van der Waals surface area contributed by atoms with Gasteiger partial charge in [0.25, 0.3) is 0 Å². The van der Waals surface area contributed by atoms with Crippen LogP contribution in [0, 0.1) is 5.92 Å². The summed E-state index contributed by atoms with van der Waals surface area (Å²) in [5, 5.41) is 3.32. The number of carbonyl (C=O) groups is 1. The van der Waals surface area contributed by atoms with Crippen LogP contribution in [0.4, 0.5) is 11.4 Å². The largest absolute Gasteiger partial charge is 0.398 e. The number of anilines is 2. The van der Waals surface area contributed by atoms with Gasteiger partial charge in [0.1, 0.15) is 0 Å². The van der Waals surface area contributed by atoms with Crippen LogP contribution in [0.25, 0.3) is 0 Å². The summed E-state index contributed by atoms with van der Waals surface area (Å²) in [5.41, 5.74) is 7.89. The number of hydrogen-bond acceptors (Lipinski definition) is 4. The van der Waals surface area contributed by atoms with Gasteiger partial charge in [0.2, 0.25) is 0 Å². The van der Waals surface area contributed by atoms with Gasteiger partial charge in [0.15, 0.2) is 5.78 Å². The van der Waals surface area contributed by atoms with E-state index >= 15 is 0 Å². The molecule has 4 nitrogen and oxygen atoms in total. The number of Topliss-reactive ketones (excluding diaryl/α,β-unsaturated/α-hetero) is 1. The third kappa shape index (κ3) is 2.97. The quantitative estimate of drug-likeness (QED) is 0.617. The molecule has 0 bridgehead atoms. The lowest BCUT2D eigenvalue weighted by Crippen LogP contribution is -2.14. The van der Waals surface area contributed by atoms with Gasteiger partial charge in [-0.2, -0.15) is 0 Å². The first-order chi connectivity index (χ1) is 8.16. The number of benzene rings is 1. The molecule has 0 aliphatic carbocycles. The molecule has 1 aromatic rings. The molecule has 1 saturated heterocycles. The lowest BCUT2D eigenvalue weighted by atomic mass is 10.1. The van der Waals surface area contributed by atoms with Gasteiger partial charge in [-0.25, -0.2) is 0 Å². The highest BCUT2D eigenvalue weighted by Crippen LogP contribution is 2.20. The molecule has 0 radical (unpaired) electrons. The van der Waals surface area contributed by atoms with Crippen molar-refractivity contribution in [3.8, 4) is 0 Å². The second-order valence-corrected chi connectivity index (χ2v) is 4.47. The summed E-state index contributed by atoms with van der Waals surface area (Å²) in [6.07, 6.45) is 1.11. The molecular weight excluding hydrogens is 216 g/mol. The van der Waals surface area contributed by atoms with Crippen molar-refractivity contribution < 1.29 is 9.53 Å². The Morgan fingerprint density at radius 1 is 1.59 bits per heavy atom. The summed E-state index contributed by atoms with van der Waals surface area (Å²) in [7, 11) is 0. The minimum atomic E-state index is -0.00163. The molecule has 0 amide bonds. The first-order valence-corrected chi connectivity index (χ1v) is 5.89. The van der Waals surface area contributed by atoms with Crippen LogP contribution in [-0.2, 0) is 4.74 Å². The van der Waals surface area contributed by atoms with E-state index in [4.69, 9.17) is 10.5 Å². The summed E-state index contributed by atoms with van der Waals surface area (Å²) in [6, 6.07) is 5.47. The number of hydrogen-bond donors (Lipinski definition) is 2. The highest BCUT2D eigenvalue weighted by molar-refractivity contribution is 5.99. The van der Waals surface area contributed by atoms with Crippen molar-refractivity contribution >= 4 is 17.2 Å². The molecule has 1 atom stereocenters. The molecule has 1 aromatic carbocycles. The Labute approximate surface area is 101 Å². The van der Waals surface area contributed by atoms with Gasteiger partial charge < -0.3 is 15.8 Å². The standard InChI is InChI=1S/C13H18N2O2/c1-9(16)12-3-2-11(6-13(12)14)15-7-10-4-5-17-8-10/h2-3,6,10,15H,4-5,7-8,14H2,1H3. The maximum Gasteiger partial charge on any atom is 0.161 e. The second kappa shape index (κ2) is 5.19. The number of ether oxygens (including phenoxy) is 1. The smallest absolute Gasteiger partial charge is 0.161 e. The minimum absolute atomic E-state index is 0.00163. The van der Waals surface area contributed by atoms with Crippen LogP contribution in [0.5, 0.6) is 0 Å². The highest BCUT2D eigenvalue weighted by Gasteiger charge is 2.15. The number of nitrogen functional groups attached to an aromatic ring is 1. The molecule has 17 heavy (non-hydrogen) atoms. The topological polar surface area (TPSA) is 64.3 Å². The molecule has 4 heteroatoms. The number of carbonyl (C=O) groups excluding carboxylic acids is 1. The molecule has 3 N–H and O–H groups in total. The summed E-state index contributed by atoms with van der Waals surface area (Å²) in [6.45, 7) is 4.10. The van der Waals surface area contributed by atoms with Gasteiger partial charge in [0, 0.05) is 36.0 Å². The van der Waals surface area contributed by atoms with Crippen molar-refractivity contribution in [3.63, 3.8) is 0 Å². The first kappa shape index (κ1) is 11.9. The van der Waals surface area contributed by atoms with E-state index < -0.39 is 0 Å². The van der Waals surface area contributed by atoms with Gasteiger partial charge in [-0.15, -0.1) is 0 Å². The molecule has 1 aliphatic rings. The number of nitrogens with one attached hydrogen (secondary N) is 1. The Kier molecular flexibility index (Phi) is 3.64. The van der Waals surface area contributed by atoms with Crippen LogP contribution in [0.15, 0.2) is 18.2 Å². The normalized spacial score (nSPS) is 19.2. The van der Waals surface area contributed by atoms with E-state index in [0.29, 0.717) is 17.2 Å². The van der Waals surface area contributed by atoms with E-state index in [2.05, 4.69) is 5.32 Å². The molecular formula is C13H18N2O2. The van der Waals surface area contributed by atoms with Crippen LogP contribution in [-0.4, -0.2) is 25.5 Å². The zero-order valence-corrected chi connectivity index (χ0v) is 10.0. The molecule has 1 fully saturated rings. The lowest BCUT2D eigenvalue weighted by Gasteiger charge is -2.12. The zero-order valence-electron chi connectivity index (χ0n) is 10.0. The predicted octanol–water partition coefficient (Wildman–Crippen LogP) is 1.92. The van der Waals surface area contributed by atoms with Gasteiger partial charge in [-0.3, -0.25) is 4.79 Å². The fourth-order valence-corrected chi connectivity index (χ4v) is 2.00. The maximum absolute atomic E-state index is 11.2. The van der Waals surface area contributed by atoms with Crippen molar-refractivity contribution in [2.24, 2.45) is 5.92 Å². The Balaban J connectivity index is 1.97. The summed E-state index contributed by atoms with van der Waals surface area (Å²) in [4.78, 5) is 11.2. The Morgan fingerprint density at radius 3 is 3.00 bits per heavy atom. The molecule has 1 unspecified atom stereocenters. The second-order valence-electron chi connectivity index (χ2n) is 4.47. The van der Waals surface area contributed by atoms with Crippen LogP contribution in [0.3, 0.4) is 0 Å². The monoisotopic (exact) mass is 234 g/mol. The van der Waals surface area contributed by atoms with Crippen molar-refractivity contribution in [2.45, 2.75) is 13.3 Å². The maximum atomic E-state index is 11.2. The fourth-order valence-electron chi connectivity index (χ4n) is 2.00. The number of rotatable bonds is 4. The van der Waals surface area contributed by atoms with Crippen molar-refractivity contribution in [1.29, 1.82) is 0 Å². The van der Waals surface area contributed by atoms with Gasteiger partial charge in [0.05, 0.1) is 6.61 Å². The average molecular weight is 234 g/mol. The molecule has 0 spiro atoms. The predicted molar refractivity (Wildman–Crippen MR) is 68.3 cm³/mol. The van der Waals surface area contributed by atoms with Crippen LogP contribution in [0.2, 0.25) is 0 Å². The lowest BCUT2D eigenvalue weighted by molar-refractivity contribution is 0.101. The highest BCUT2D eigenvalue weighted by atomic mass is 16.5. The van der Waals surface area contributed by atoms with Crippen molar-refractivity contribution in [1.82, 2.24) is 0 Å². The molecule has 2 rings (SSSR count). The molecule has 0 saturated carbocycles. The Bertz CT molecular complexity index is 412. The third-order valence-corrected chi connectivity index (χ3v) is 3.05. The van der Waals surface area contributed by atoms with Gasteiger partial charge in [-0.05, 0) is 31.5 Å². The van der Waals surface area contributed by atoms with Crippen molar-refractivity contribution in [3.05, 3.63) is 23.8 Å². The van der Waals surface area contributed by atoms with E-state index in [0.717, 1.165) is 31.9 Å². The zero-order chi connectivity index (χ0) is 12.3. The van der Waals surface area contributed by atoms with E-state index in [1.807, 2.05) is 12.1 Å². The Morgan fingerprint density at radius 2 is 2.41 bits per heavy atom. The molecule has 0 aromatic heterocycles. The van der Waals surface area contributed by atoms with Crippen LogP contribution >= 0.6 is 0 Å². The summed E-state index contributed by atoms with van der Waals surface area (Å²) >= 11 is 0. The number of ketones is 1. The van der Waals surface area contributed by atoms with E-state index in [1.54, 1.807) is 6.07 Å². The summed E-state index contributed by atoms with van der Waals surface area (Å²) < 4.78 is 5.31. The van der Waals surface area contributed by atoms with E-state index in [1.165, 1.54) is 6.92 Å². The van der Waals surface area contributed by atoms with Crippen molar-refractivity contribution in [2.75, 3.05) is 30.8 Å². The van der Waals surface area contributed by atoms with Gasteiger partial charge >= 0.3 is 0 Å². The molecule has 1 heterocycles. The first-order valence-electron chi connectivity index (χ1n) is 5.89. The molecule has 92 valence electrons. The third-order valence-electron chi connectivity index (χ3n) is 3.05. The average Bonchev–Trinajstić information content (AvgIpc) is 2.78. The van der Waals surface area contributed by atoms with E-state index in [-0.39, 0.29) is 5.78 Å². The SMILES string of the molecule is CC(=O)c1ccc(NCC2CCOC2)cc1N. The Hall–Kier alpha value is -1.55.